The third-order valence-electron chi connectivity index (χ3n) is 2.76. The first-order valence-corrected chi connectivity index (χ1v) is 6.95. The van der Waals surface area contributed by atoms with E-state index in [9.17, 15) is 14.9 Å². The van der Waals surface area contributed by atoms with Gasteiger partial charge in [0.1, 0.15) is 0 Å². The van der Waals surface area contributed by atoms with E-state index >= 15 is 0 Å². The van der Waals surface area contributed by atoms with Crippen LogP contribution >= 0.6 is 23.2 Å². The number of carbonyl (C=O) groups is 1. The molecule has 0 aliphatic rings. The topological polar surface area (TPSA) is 84.3 Å². The SMILES string of the molecule is O=C(CNc1ccc([N+](=O)[O-])cc1)Nc1cccc(Cl)c1Cl. The molecule has 2 rings (SSSR count). The first-order chi connectivity index (χ1) is 10.5. The lowest BCUT2D eigenvalue weighted by atomic mass is 10.3. The zero-order valence-electron chi connectivity index (χ0n) is 11.2. The molecule has 6 nitrogen and oxygen atoms in total. The van der Waals surface area contributed by atoms with Crippen LogP contribution in [0.5, 0.6) is 0 Å². The summed E-state index contributed by atoms with van der Waals surface area (Å²) in [6.07, 6.45) is 0. The molecule has 2 aromatic carbocycles. The van der Waals surface area contributed by atoms with Gasteiger partial charge in [-0.25, -0.2) is 0 Å². The van der Waals surface area contributed by atoms with Crippen LogP contribution in [0.25, 0.3) is 0 Å². The summed E-state index contributed by atoms with van der Waals surface area (Å²) in [6, 6.07) is 10.7. The molecule has 0 bridgehead atoms. The Kier molecular flexibility index (Phi) is 5.19. The lowest BCUT2D eigenvalue weighted by molar-refractivity contribution is -0.384. The van der Waals surface area contributed by atoms with Gasteiger partial charge in [0, 0.05) is 17.8 Å². The normalized spacial score (nSPS) is 10.1. The maximum atomic E-state index is 11.8. The van der Waals surface area contributed by atoms with Gasteiger partial charge < -0.3 is 10.6 Å². The summed E-state index contributed by atoms with van der Waals surface area (Å²) >= 11 is 11.8. The zero-order chi connectivity index (χ0) is 16.1. The Morgan fingerprint density at radius 2 is 1.82 bits per heavy atom. The molecule has 1 amide bonds. The Hall–Kier alpha value is -2.31. The van der Waals surface area contributed by atoms with Gasteiger partial charge in [0.15, 0.2) is 0 Å². The minimum Gasteiger partial charge on any atom is -0.376 e. The van der Waals surface area contributed by atoms with Gasteiger partial charge in [0.25, 0.3) is 5.69 Å². The summed E-state index contributed by atoms with van der Waals surface area (Å²) in [4.78, 5) is 21.9. The fourth-order valence-corrected chi connectivity index (χ4v) is 2.03. The first-order valence-electron chi connectivity index (χ1n) is 6.19. The average Bonchev–Trinajstić information content (AvgIpc) is 2.50. The number of nitrogens with zero attached hydrogens (tertiary/aromatic N) is 1. The number of benzene rings is 2. The molecule has 0 atom stereocenters. The first kappa shape index (κ1) is 16.1. The van der Waals surface area contributed by atoms with Gasteiger partial charge in [-0.2, -0.15) is 0 Å². The largest absolute Gasteiger partial charge is 0.376 e. The molecule has 0 unspecified atom stereocenters. The van der Waals surface area contributed by atoms with Crippen molar-refractivity contribution in [3.63, 3.8) is 0 Å². The highest BCUT2D eigenvalue weighted by molar-refractivity contribution is 6.44. The van der Waals surface area contributed by atoms with Crippen LogP contribution in [0.3, 0.4) is 0 Å². The molecular formula is C14H11Cl2N3O3. The number of rotatable bonds is 5. The molecule has 0 spiro atoms. The van der Waals surface area contributed by atoms with Crippen LogP contribution in [0.4, 0.5) is 17.1 Å². The highest BCUT2D eigenvalue weighted by atomic mass is 35.5. The summed E-state index contributed by atoms with van der Waals surface area (Å²) in [5, 5.41) is 16.6. The maximum Gasteiger partial charge on any atom is 0.269 e. The van der Waals surface area contributed by atoms with Gasteiger partial charge in [-0.3, -0.25) is 14.9 Å². The van der Waals surface area contributed by atoms with E-state index in [0.717, 1.165) is 0 Å². The van der Waals surface area contributed by atoms with Crippen LogP contribution < -0.4 is 10.6 Å². The van der Waals surface area contributed by atoms with E-state index in [2.05, 4.69) is 10.6 Å². The second-order valence-electron chi connectivity index (χ2n) is 4.31. The Morgan fingerprint density at radius 1 is 1.14 bits per heavy atom. The van der Waals surface area contributed by atoms with Crippen molar-refractivity contribution in [2.75, 3.05) is 17.2 Å². The van der Waals surface area contributed by atoms with E-state index < -0.39 is 4.92 Å². The molecule has 0 fully saturated rings. The van der Waals surface area contributed by atoms with Crippen molar-refractivity contribution < 1.29 is 9.72 Å². The van der Waals surface area contributed by atoms with Crippen molar-refractivity contribution in [2.24, 2.45) is 0 Å². The molecule has 0 aliphatic carbocycles. The predicted octanol–water partition coefficient (Wildman–Crippen LogP) is 3.95. The molecule has 0 aromatic heterocycles. The van der Waals surface area contributed by atoms with E-state index in [1.54, 1.807) is 18.2 Å². The van der Waals surface area contributed by atoms with Crippen molar-refractivity contribution in [1.29, 1.82) is 0 Å². The number of carbonyl (C=O) groups excluding carboxylic acids is 1. The summed E-state index contributed by atoms with van der Waals surface area (Å²) in [5.41, 5.74) is 1.00. The number of non-ortho nitro benzene ring substituents is 1. The number of halogens is 2. The van der Waals surface area contributed by atoms with Gasteiger partial charge in [-0.15, -0.1) is 0 Å². The number of hydrogen-bond acceptors (Lipinski definition) is 4. The number of nitro groups is 1. The van der Waals surface area contributed by atoms with Crippen LogP contribution in [-0.4, -0.2) is 17.4 Å². The molecule has 8 heteroatoms. The number of anilines is 2. The molecule has 2 aromatic rings. The zero-order valence-corrected chi connectivity index (χ0v) is 12.7. The molecule has 0 heterocycles. The molecule has 2 N–H and O–H groups in total. The summed E-state index contributed by atoms with van der Waals surface area (Å²) in [6.45, 7) is -0.0132. The van der Waals surface area contributed by atoms with E-state index in [1.165, 1.54) is 24.3 Å². The quantitative estimate of drug-likeness (QED) is 0.637. The van der Waals surface area contributed by atoms with Crippen LogP contribution in [0.15, 0.2) is 42.5 Å². The van der Waals surface area contributed by atoms with E-state index in [-0.39, 0.29) is 23.2 Å². The monoisotopic (exact) mass is 339 g/mol. The second kappa shape index (κ2) is 7.11. The smallest absolute Gasteiger partial charge is 0.269 e. The van der Waals surface area contributed by atoms with Crippen molar-refractivity contribution in [3.8, 4) is 0 Å². The molecule has 0 aliphatic heterocycles. The summed E-state index contributed by atoms with van der Waals surface area (Å²) in [7, 11) is 0. The maximum absolute atomic E-state index is 11.8. The average molecular weight is 340 g/mol. The fraction of sp³-hybridized carbons (Fsp3) is 0.0714. The van der Waals surface area contributed by atoms with Gasteiger partial charge in [0.2, 0.25) is 5.91 Å². The summed E-state index contributed by atoms with van der Waals surface area (Å²) < 4.78 is 0. The van der Waals surface area contributed by atoms with Crippen LogP contribution in [0.2, 0.25) is 10.0 Å². The Morgan fingerprint density at radius 3 is 2.45 bits per heavy atom. The molecule has 0 saturated heterocycles. The fourth-order valence-electron chi connectivity index (χ4n) is 1.68. The second-order valence-corrected chi connectivity index (χ2v) is 5.09. The number of amides is 1. The molecule has 0 radical (unpaired) electrons. The van der Waals surface area contributed by atoms with E-state index in [4.69, 9.17) is 23.2 Å². The highest BCUT2D eigenvalue weighted by Gasteiger charge is 2.09. The van der Waals surface area contributed by atoms with E-state index in [0.29, 0.717) is 16.4 Å². The Balaban J connectivity index is 1.92. The minimum absolute atomic E-state index is 0.0132. The van der Waals surface area contributed by atoms with Gasteiger partial charge in [-0.05, 0) is 24.3 Å². The lowest BCUT2D eigenvalue weighted by Crippen LogP contribution is -2.21. The van der Waals surface area contributed by atoms with Gasteiger partial charge in [0.05, 0.1) is 27.2 Å². The van der Waals surface area contributed by atoms with Crippen LogP contribution in [0.1, 0.15) is 0 Å². The Labute approximate surface area is 136 Å². The highest BCUT2D eigenvalue weighted by Crippen LogP contribution is 2.29. The Bertz CT molecular complexity index is 705. The minimum atomic E-state index is -0.488. The third kappa shape index (κ3) is 4.09. The number of hydrogen-bond donors (Lipinski definition) is 2. The van der Waals surface area contributed by atoms with Crippen molar-refractivity contribution in [2.45, 2.75) is 0 Å². The van der Waals surface area contributed by atoms with Crippen molar-refractivity contribution in [1.82, 2.24) is 0 Å². The van der Waals surface area contributed by atoms with Crippen LogP contribution in [-0.2, 0) is 4.79 Å². The van der Waals surface area contributed by atoms with Crippen molar-refractivity contribution >= 4 is 46.2 Å². The van der Waals surface area contributed by atoms with E-state index in [1.807, 2.05) is 0 Å². The third-order valence-corrected chi connectivity index (χ3v) is 3.58. The standard InChI is InChI=1S/C14H11Cl2N3O3/c15-11-2-1-3-12(14(11)16)18-13(20)8-17-9-4-6-10(7-5-9)19(21)22/h1-7,17H,8H2,(H,18,20). The molecular weight excluding hydrogens is 329 g/mol. The molecule has 114 valence electrons. The van der Waals surface area contributed by atoms with Gasteiger partial charge in [-0.1, -0.05) is 29.3 Å². The number of nitro benzene ring substituents is 1. The number of nitrogens with one attached hydrogen (secondary N) is 2. The molecule has 0 saturated carbocycles. The van der Waals surface area contributed by atoms with Crippen LogP contribution in [0, 0.1) is 10.1 Å². The summed E-state index contributed by atoms with van der Waals surface area (Å²) in [5.74, 6) is -0.317. The molecule has 22 heavy (non-hydrogen) atoms. The predicted molar refractivity (Wildman–Crippen MR) is 86.7 cm³/mol. The van der Waals surface area contributed by atoms with Gasteiger partial charge >= 0.3 is 0 Å². The van der Waals surface area contributed by atoms with Crippen molar-refractivity contribution in [3.05, 3.63) is 62.6 Å². The lowest BCUT2D eigenvalue weighted by Gasteiger charge is -2.09.